The number of esters is 1. The molecule has 21 heavy (non-hydrogen) atoms. The van der Waals surface area contributed by atoms with Gasteiger partial charge in [-0.15, -0.1) is 11.8 Å². The number of urea groups is 1. The van der Waals surface area contributed by atoms with Crippen LogP contribution in [-0.2, 0) is 14.3 Å². The van der Waals surface area contributed by atoms with Crippen molar-refractivity contribution in [2.45, 2.75) is 11.4 Å². The maximum absolute atomic E-state index is 12.5. The molecule has 110 valence electrons. The van der Waals surface area contributed by atoms with Gasteiger partial charge in [-0.05, 0) is 18.2 Å². The van der Waals surface area contributed by atoms with Crippen molar-refractivity contribution in [3.05, 3.63) is 29.3 Å². The minimum absolute atomic E-state index is 0.346. The highest BCUT2D eigenvalue weighted by Gasteiger charge is 2.55. The van der Waals surface area contributed by atoms with E-state index >= 15 is 0 Å². The molecule has 2 aliphatic rings. The van der Waals surface area contributed by atoms with E-state index in [0.717, 1.165) is 4.90 Å². The van der Waals surface area contributed by atoms with Crippen molar-refractivity contribution < 1.29 is 19.1 Å². The summed E-state index contributed by atoms with van der Waals surface area (Å²) in [4.78, 5) is 39.0. The van der Waals surface area contributed by atoms with Gasteiger partial charge in [-0.25, -0.2) is 14.5 Å². The van der Waals surface area contributed by atoms with Gasteiger partial charge in [-0.1, -0.05) is 17.7 Å². The third kappa shape index (κ3) is 2.16. The van der Waals surface area contributed by atoms with E-state index in [4.69, 9.17) is 11.6 Å². The first-order chi connectivity index (χ1) is 10.0. The van der Waals surface area contributed by atoms with Gasteiger partial charge in [0, 0.05) is 10.8 Å². The summed E-state index contributed by atoms with van der Waals surface area (Å²) in [5, 5.41) is -0.348. The molecule has 2 unspecified atom stereocenters. The molecule has 3 amide bonds. The highest BCUT2D eigenvalue weighted by atomic mass is 35.5. The van der Waals surface area contributed by atoms with Crippen molar-refractivity contribution in [3.8, 4) is 0 Å². The Bertz CT molecular complexity index is 638. The Balaban J connectivity index is 1.95. The summed E-state index contributed by atoms with van der Waals surface area (Å²) < 4.78 is 4.68. The third-order valence-corrected chi connectivity index (χ3v) is 4.87. The van der Waals surface area contributed by atoms with Crippen LogP contribution in [0.2, 0.25) is 5.02 Å². The fourth-order valence-corrected chi connectivity index (χ4v) is 3.91. The number of hydrogen-bond donors (Lipinski definition) is 0. The molecular weight excluding hydrogens is 316 g/mol. The van der Waals surface area contributed by atoms with Crippen LogP contribution in [0, 0.1) is 0 Å². The van der Waals surface area contributed by atoms with Gasteiger partial charge in [-0.2, -0.15) is 0 Å². The van der Waals surface area contributed by atoms with Gasteiger partial charge in [0.15, 0.2) is 5.37 Å². The molecular formula is C13H11ClN2O4S. The number of carbonyl (C=O) groups is 3. The third-order valence-electron chi connectivity index (χ3n) is 3.39. The molecule has 3 rings (SSSR count). The molecule has 0 spiro atoms. The number of rotatable bonds is 2. The largest absolute Gasteiger partial charge is 0.467 e. The molecule has 1 aromatic carbocycles. The second-order valence-corrected chi connectivity index (χ2v) is 6.12. The number of imide groups is 1. The van der Waals surface area contributed by atoms with Crippen LogP contribution in [0.1, 0.15) is 0 Å². The summed E-state index contributed by atoms with van der Waals surface area (Å²) in [6, 6.07) is 5.33. The average Bonchev–Trinajstić information content (AvgIpc) is 3.00. The molecule has 0 bridgehead atoms. The van der Waals surface area contributed by atoms with Crippen molar-refractivity contribution in [2.75, 3.05) is 17.8 Å². The van der Waals surface area contributed by atoms with E-state index in [1.807, 2.05) is 0 Å². The molecule has 2 saturated heterocycles. The number of nitrogens with zero attached hydrogens (tertiary/aromatic N) is 2. The minimum Gasteiger partial charge on any atom is -0.467 e. The van der Waals surface area contributed by atoms with E-state index in [0.29, 0.717) is 16.5 Å². The normalized spacial score (nSPS) is 24.5. The van der Waals surface area contributed by atoms with E-state index in [-0.39, 0.29) is 5.91 Å². The number of halogens is 1. The Morgan fingerprint density at radius 3 is 2.86 bits per heavy atom. The van der Waals surface area contributed by atoms with Crippen LogP contribution in [0.4, 0.5) is 10.5 Å². The second-order valence-electron chi connectivity index (χ2n) is 4.57. The fourth-order valence-electron chi connectivity index (χ4n) is 2.42. The first-order valence-electron chi connectivity index (χ1n) is 6.16. The first-order valence-corrected chi connectivity index (χ1v) is 7.58. The number of hydrogen-bond acceptors (Lipinski definition) is 5. The van der Waals surface area contributed by atoms with Crippen LogP contribution in [-0.4, -0.2) is 47.1 Å². The quantitative estimate of drug-likeness (QED) is 0.611. The lowest BCUT2D eigenvalue weighted by Gasteiger charge is -2.20. The Kier molecular flexibility index (Phi) is 3.54. The number of ether oxygens (including phenoxy) is 1. The molecule has 2 atom stereocenters. The lowest BCUT2D eigenvalue weighted by atomic mass is 10.2. The smallest absolute Gasteiger partial charge is 0.339 e. The number of amides is 3. The van der Waals surface area contributed by atoms with E-state index in [1.54, 1.807) is 24.3 Å². The molecule has 0 saturated carbocycles. The van der Waals surface area contributed by atoms with E-state index in [2.05, 4.69) is 4.74 Å². The molecule has 0 aromatic heterocycles. The van der Waals surface area contributed by atoms with Gasteiger partial charge < -0.3 is 4.74 Å². The van der Waals surface area contributed by atoms with Gasteiger partial charge in [-0.3, -0.25) is 9.69 Å². The molecule has 6 nitrogen and oxygen atoms in total. The molecule has 8 heteroatoms. The lowest BCUT2D eigenvalue weighted by Crippen LogP contribution is -2.41. The van der Waals surface area contributed by atoms with Gasteiger partial charge in [0.25, 0.3) is 5.91 Å². The number of methoxy groups -OCH3 is 1. The van der Waals surface area contributed by atoms with Crippen LogP contribution in [0.5, 0.6) is 0 Å². The zero-order valence-corrected chi connectivity index (χ0v) is 12.6. The molecule has 0 N–H and O–H groups in total. The Labute approximate surface area is 130 Å². The predicted molar refractivity (Wildman–Crippen MR) is 78.2 cm³/mol. The zero-order chi connectivity index (χ0) is 15.1. The van der Waals surface area contributed by atoms with E-state index in [1.165, 1.54) is 23.8 Å². The molecule has 2 fully saturated rings. The number of carbonyl (C=O) groups excluding carboxylic acids is 3. The highest BCUT2D eigenvalue weighted by Crippen LogP contribution is 2.38. The van der Waals surface area contributed by atoms with Crippen LogP contribution in [0.15, 0.2) is 24.3 Å². The topological polar surface area (TPSA) is 66.9 Å². The van der Waals surface area contributed by atoms with Crippen LogP contribution >= 0.6 is 23.4 Å². The molecule has 0 aliphatic carbocycles. The Morgan fingerprint density at radius 2 is 2.19 bits per heavy atom. The van der Waals surface area contributed by atoms with Crippen molar-refractivity contribution >= 4 is 47.0 Å². The van der Waals surface area contributed by atoms with Crippen molar-refractivity contribution in [3.63, 3.8) is 0 Å². The Morgan fingerprint density at radius 1 is 1.43 bits per heavy atom. The number of anilines is 1. The molecule has 1 aromatic rings. The van der Waals surface area contributed by atoms with Crippen LogP contribution in [0.3, 0.4) is 0 Å². The van der Waals surface area contributed by atoms with Gasteiger partial charge in [0.1, 0.15) is 6.04 Å². The minimum atomic E-state index is -0.777. The van der Waals surface area contributed by atoms with Crippen LogP contribution < -0.4 is 4.90 Å². The lowest BCUT2D eigenvalue weighted by molar-refractivity contribution is -0.142. The number of benzene rings is 1. The number of thioether (sulfide) groups is 1. The average molecular weight is 327 g/mol. The second kappa shape index (κ2) is 5.23. The first kappa shape index (κ1) is 14.2. The Hall–Kier alpha value is -1.73. The summed E-state index contributed by atoms with van der Waals surface area (Å²) in [6.07, 6.45) is 0. The maximum Gasteiger partial charge on any atom is 0.339 e. The molecule has 2 heterocycles. The summed E-state index contributed by atoms with van der Waals surface area (Å²) in [5.74, 6) is -0.501. The summed E-state index contributed by atoms with van der Waals surface area (Å²) in [5.41, 5.74) is 0.403. The number of fused-ring (bicyclic) bond motifs is 1. The molecule has 0 radical (unpaired) electrons. The van der Waals surface area contributed by atoms with E-state index in [9.17, 15) is 14.4 Å². The van der Waals surface area contributed by atoms with Crippen LogP contribution in [0.25, 0.3) is 0 Å². The van der Waals surface area contributed by atoms with Crippen molar-refractivity contribution in [1.82, 2.24) is 4.90 Å². The summed E-state index contributed by atoms with van der Waals surface area (Å²) in [6.45, 7) is 0. The maximum atomic E-state index is 12.5. The molecule has 2 aliphatic heterocycles. The summed E-state index contributed by atoms with van der Waals surface area (Å²) in [7, 11) is 1.26. The predicted octanol–water partition coefficient (Wildman–Crippen LogP) is 1.72. The van der Waals surface area contributed by atoms with Crippen molar-refractivity contribution in [1.29, 1.82) is 0 Å². The highest BCUT2D eigenvalue weighted by molar-refractivity contribution is 8.00. The standard InChI is InChI=1S/C13H11ClN2O4S/c1-20-12(18)11-16-9(6-21-11)10(17)15(13(16)19)8-4-2-3-7(14)5-8/h2-5,9,11H,6H2,1H3. The van der Waals surface area contributed by atoms with Crippen molar-refractivity contribution in [2.24, 2.45) is 0 Å². The monoisotopic (exact) mass is 326 g/mol. The fraction of sp³-hybridized carbons (Fsp3) is 0.308. The van der Waals surface area contributed by atoms with Gasteiger partial charge in [0.2, 0.25) is 0 Å². The SMILES string of the molecule is COC(=O)C1SCC2C(=O)N(c3cccc(Cl)c3)C(=O)N21. The van der Waals surface area contributed by atoms with Gasteiger partial charge in [0.05, 0.1) is 12.8 Å². The van der Waals surface area contributed by atoms with Gasteiger partial charge >= 0.3 is 12.0 Å². The zero-order valence-electron chi connectivity index (χ0n) is 11.0. The van der Waals surface area contributed by atoms with E-state index < -0.39 is 23.4 Å². The summed E-state index contributed by atoms with van der Waals surface area (Å²) >= 11 is 7.13.